The molecule has 1 heterocycles. The Balaban J connectivity index is 1.49. The second-order valence-electron chi connectivity index (χ2n) is 11.0. The molecule has 43 heavy (non-hydrogen) atoms. The quantitative estimate of drug-likeness (QED) is 0.203. The van der Waals surface area contributed by atoms with Gasteiger partial charge in [-0.1, -0.05) is 117 Å². The number of hydroxylamine groups is 1. The molecule has 1 saturated heterocycles. The van der Waals surface area contributed by atoms with Crippen LogP contribution in [0.1, 0.15) is 43.4 Å². The number of hydrogen-bond donors (Lipinski definition) is 2. The van der Waals surface area contributed by atoms with Gasteiger partial charge in [-0.25, -0.2) is 10.3 Å². The van der Waals surface area contributed by atoms with Gasteiger partial charge in [0, 0.05) is 6.54 Å². The van der Waals surface area contributed by atoms with Gasteiger partial charge >= 0.3 is 6.03 Å². The van der Waals surface area contributed by atoms with Crippen molar-refractivity contribution in [1.82, 2.24) is 20.8 Å². The molecule has 0 saturated carbocycles. The molecule has 224 valence electrons. The molecule has 3 aromatic carbocycles. The molecule has 1 unspecified atom stereocenters. The molecule has 0 bridgehead atoms. The lowest BCUT2D eigenvalue weighted by Gasteiger charge is -2.28. The fourth-order valence-electron chi connectivity index (χ4n) is 4.95. The Morgan fingerprint density at radius 1 is 0.837 bits per heavy atom. The lowest BCUT2D eigenvalue weighted by molar-refractivity contribution is -0.147. The van der Waals surface area contributed by atoms with Gasteiger partial charge < -0.3 is 4.90 Å². The average Bonchev–Trinajstić information content (AvgIpc) is 3.26. The van der Waals surface area contributed by atoms with Crippen LogP contribution in [-0.2, 0) is 32.4 Å². The molecule has 2 N–H and O–H groups in total. The molecule has 1 aliphatic heterocycles. The lowest BCUT2D eigenvalue weighted by atomic mass is 9.82. The summed E-state index contributed by atoms with van der Waals surface area (Å²) < 4.78 is 0. The van der Waals surface area contributed by atoms with Gasteiger partial charge in [0.05, 0.1) is 18.4 Å². The highest BCUT2D eigenvalue weighted by Crippen LogP contribution is 2.26. The second kappa shape index (κ2) is 15.5. The number of allylic oxidation sites excluding steroid dienone is 1. The van der Waals surface area contributed by atoms with Crippen molar-refractivity contribution in [2.45, 2.75) is 39.8 Å². The summed E-state index contributed by atoms with van der Waals surface area (Å²) in [4.78, 5) is 60.1. The normalized spacial score (nSPS) is 14.8. The smallest absolute Gasteiger partial charge is 0.309 e. The summed E-state index contributed by atoms with van der Waals surface area (Å²) in [6.45, 7) is 4.15. The second-order valence-corrected chi connectivity index (χ2v) is 11.0. The van der Waals surface area contributed by atoms with Crippen LogP contribution in [0.5, 0.6) is 0 Å². The first-order chi connectivity index (χ1) is 20.8. The summed E-state index contributed by atoms with van der Waals surface area (Å²) in [5, 5.41) is 0.763. The molecule has 9 nitrogen and oxygen atoms in total. The van der Waals surface area contributed by atoms with Gasteiger partial charge in [-0.3, -0.25) is 24.6 Å². The Labute approximate surface area is 252 Å². The molecule has 4 rings (SSSR count). The first kappa shape index (κ1) is 31.2. The van der Waals surface area contributed by atoms with Crippen LogP contribution in [0, 0.1) is 17.8 Å². The zero-order chi connectivity index (χ0) is 30.6. The highest BCUT2D eigenvalue weighted by molar-refractivity contribution is 6.03. The molecule has 1 aliphatic rings. The Morgan fingerprint density at radius 3 is 2.07 bits per heavy atom. The van der Waals surface area contributed by atoms with Crippen LogP contribution in [-0.4, -0.2) is 40.2 Å². The third-order valence-corrected chi connectivity index (χ3v) is 7.11. The predicted molar refractivity (Wildman–Crippen MR) is 163 cm³/mol. The Morgan fingerprint density at radius 2 is 1.44 bits per heavy atom. The van der Waals surface area contributed by atoms with E-state index in [0.717, 1.165) is 21.7 Å². The van der Waals surface area contributed by atoms with E-state index in [9.17, 15) is 19.2 Å². The van der Waals surface area contributed by atoms with E-state index >= 15 is 0 Å². The van der Waals surface area contributed by atoms with Crippen LogP contribution in [0.3, 0.4) is 0 Å². The van der Waals surface area contributed by atoms with Crippen LogP contribution in [0.15, 0.2) is 97.1 Å². The number of amides is 5. The minimum atomic E-state index is -0.843. The summed E-state index contributed by atoms with van der Waals surface area (Å²) >= 11 is 0. The van der Waals surface area contributed by atoms with Gasteiger partial charge in [0.2, 0.25) is 11.8 Å². The molecule has 0 radical (unpaired) electrons. The van der Waals surface area contributed by atoms with Crippen LogP contribution in [0.2, 0.25) is 0 Å². The molecule has 2 atom stereocenters. The Hall–Kier alpha value is -4.76. The maximum absolute atomic E-state index is 13.7. The molecule has 5 amide bonds. The predicted octanol–water partition coefficient (Wildman–Crippen LogP) is 5.11. The Bertz CT molecular complexity index is 1400. The lowest BCUT2D eigenvalue weighted by Crippen LogP contribution is -2.51. The first-order valence-electron chi connectivity index (χ1n) is 14.4. The summed E-state index contributed by atoms with van der Waals surface area (Å²) in [6.07, 6.45) is 4.34. The molecule has 3 aromatic rings. The van der Waals surface area contributed by atoms with Crippen molar-refractivity contribution in [2.24, 2.45) is 17.8 Å². The average molecular weight is 583 g/mol. The Kier molecular flexibility index (Phi) is 11.2. The number of imide groups is 1. The fourth-order valence-corrected chi connectivity index (χ4v) is 4.95. The monoisotopic (exact) mass is 582 g/mol. The largest absolute Gasteiger partial charge is 0.346 e. The molecular weight excluding hydrogens is 544 g/mol. The molecule has 0 aromatic heterocycles. The van der Waals surface area contributed by atoms with E-state index in [4.69, 9.17) is 4.84 Å². The molecule has 1 fully saturated rings. The number of hydrazine groups is 1. The van der Waals surface area contributed by atoms with Crippen LogP contribution < -0.4 is 10.9 Å². The van der Waals surface area contributed by atoms with Crippen LogP contribution in [0.4, 0.5) is 4.79 Å². The molecular formula is C34H38N4O5. The van der Waals surface area contributed by atoms with E-state index < -0.39 is 35.6 Å². The summed E-state index contributed by atoms with van der Waals surface area (Å²) in [6, 6.07) is 27.8. The maximum Gasteiger partial charge on any atom is 0.346 e. The number of rotatable bonds is 14. The van der Waals surface area contributed by atoms with E-state index in [1.165, 1.54) is 4.90 Å². The maximum atomic E-state index is 13.7. The van der Waals surface area contributed by atoms with Crippen molar-refractivity contribution in [1.29, 1.82) is 0 Å². The van der Waals surface area contributed by atoms with Crippen molar-refractivity contribution in [2.75, 3.05) is 6.54 Å². The van der Waals surface area contributed by atoms with Gasteiger partial charge in [-0.05, 0) is 35.4 Å². The third-order valence-electron chi connectivity index (χ3n) is 7.11. The van der Waals surface area contributed by atoms with E-state index in [1.807, 2.05) is 117 Å². The number of nitrogens with one attached hydrogen (secondary N) is 2. The highest BCUT2D eigenvalue weighted by atomic mass is 16.6. The fraction of sp³-hybridized carbons (Fsp3) is 0.294. The van der Waals surface area contributed by atoms with Crippen LogP contribution in [0.25, 0.3) is 6.08 Å². The van der Waals surface area contributed by atoms with Crippen molar-refractivity contribution in [3.63, 3.8) is 0 Å². The SMILES string of the molecule is CC(C)CC(C(=O)NN1C(=O)CN(Cc2ccccc2)C1=O)[C@@H](C/C=C\c1ccccc1)C(=O)NOCc1ccccc1. The minimum Gasteiger partial charge on any atom is -0.309 e. The third kappa shape index (κ3) is 9.11. The van der Waals surface area contributed by atoms with Gasteiger partial charge in [-0.2, -0.15) is 5.01 Å². The van der Waals surface area contributed by atoms with E-state index in [0.29, 0.717) is 6.42 Å². The molecule has 0 aliphatic carbocycles. The minimum absolute atomic E-state index is 0.0500. The van der Waals surface area contributed by atoms with E-state index in [2.05, 4.69) is 10.9 Å². The van der Waals surface area contributed by atoms with Crippen molar-refractivity contribution in [3.8, 4) is 0 Å². The number of benzene rings is 3. The van der Waals surface area contributed by atoms with Crippen molar-refractivity contribution >= 4 is 29.8 Å². The summed E-state index contributed by atoms with van der Waals surface area (Å²) in [5.41, 5.74) is 7.76. The van der Waals surface area contributed by atoms with Crippen LogP contribution >= 0.6 is 0 Å². The summed E-state index contributed by atoms with van der Waals surface area (Å²) in [5.74, 6) is -3.19. The zero-order valence-electron chi connectivity index (χ0n) is 24.5. The van der Waals surface area contributed by atoms with Gasteiger partial charge in [0.1, 0.15) is 6.54 Å². The zero-order valence-corrected chi connectivity index (χ0v) is 24.5. The number of carbonyl (C=O) groups is 4. The first-order valence-corrected chi connectivity index (χ1v) is 14.4. The number of carbonyl (C=O) groups excluding carboxylic acids is 4. The van der Waals surface area contributed by atoms with Gasteiger partial charge in [-0.15, -0.1) is 0 Å². The standard InChI is InChI=1S/C34H38N4O5/c1-25(2)21-30(32(40)35-38-31(39)23-37(34(38)42)22-27-15-8-4-9-16-27)29(20-12-19-26-13-6-3-7-14-26)33(41)36-43-24-28-17-10-5-11-18-28/h3-19,25,29-30H,20-24H2,1-2H3,(H,35,40)(H,36,41)/b19-12-/t29-,30?/m1/s1. The van der Waals surface area contributed by atoms with E-state index in [-0.39, 0.29) is 32.0 Å². The topological polar surface area (TPSA) is 108 Å². The number of nitrogens with zero attached hydrogens (tertiary/aromatic N) is 2. The van der Waals surface area contributed by atoms with Gasteiger partial charge in [0.15, 0.2) is 0 Å². The number of urea groups is 1. The van der Waals surface area contributed by atoms with Crippen molar-refractivity contribution < 1.29 is 24.0 Å². The summed E-state index contributed by atoms with van der Waals surface area (Å²) in [7, 11) is 0. The van der Waals surface area contributed by atoms with E-state index in [1.54, 1.807) is 0 Å². The van der Waals surface area contributed by atoms with Gasteiger partial charge in [0.25, 0.3) is 5.91 Å². The number of hydrogen-bond acceptors (Lipinski definition) is 5. The highest BCUT2D eigenvalue weighted by Gasteiger charge is 2.40. The van der Waals surface area contributed by atoms with Crippen molar-refractivity contribution in [3.05, 3.63) is 114 Å². The molecule has 9 heteroatoms. The molecule has 0 spiro atoms.